The van der Waals surface area contributed by atoms with Crippen molar-refractivity contribution in [2.24, 2.45) is 5.92 Å². The molecule has 2 bridgehead atoms. The highest BCUT2D eigenvalue weighted by Crippen LogP contribution is 2.47. The van der Waals surface area contributed by atoms with E-state index >= 15 is 0 Å². The van der Waals surface area contributed by atoms with Crippen LogP contribution in [0.25, 0.3) is 0 Å². The minimum Gasteiger partial charge on any atom is -0.497 e. The lowest BCUT2D eigenvalue weighted by molar-refractivity contribution is -0.00341. The van der Waals surface area contributed by atoms with Crippen LogP contribution in [-0.2, 0) is 6.61 Å². The Morgan fingerprint density at radius 3 is 2.34 bits per heavy atom. The van der Waals surface area contributed by atoms with Crippen molar-refractivity contribution in [2.75, 3.05) is 26.7 Å². The molecule has 4 heterocycles. The Morgan fingerprint density at radius 1 is 1.03 bits per heavy atom. The van der Waals surface area contributed by atoms with Crippen LogP contribution in [0.5, 0.6) is 5.75 Å². The van der Waals surface area contributed by atoms with Gasteiger partial charge in [0.05, 0.1) is 19.8 Å². The molecule has 0 aliphatic carbocycles. The van der Waals surface area contributed by atoms with E-state index in [9.17, 15) is 9.90 Å². The van der Waals surface area contributed by atoms with Crippen molar-refractivity contribution in [2.45, 2.75) is 37.5 Å². The predicted molar refractivity (Wildman–Crippen MR) is 111 cm³/mol. The summed E-state index contributed by atoms with van der Waals surface area (Å²) in [6.07, 6.45) is 2.37. The Bertz CT molecular complexity index is 872. The van der Waals surface area contributed by atoms with Gasteiger partial charge in [-0.15, -0.1) is 0 Å². The zero-order valence-electron chi connectivity index (χ0n) is 16.8. The average molecular weight is 392 g/mol. The van der Waals surface area contributed by atoms with Gasteiger partial charge in [0.25, 0.3) is 5.91 Å². The number of fused-ring (bicyclic) bond motifs is 2. The van der Waals surface area contributed by atoms with Crippen LogP contribution in [0.2, 0.25) is 0 Å². The predicted octanol–water partition coefficient (Wildman–Crippen LogP) is 2.89. The maximum absolute atomic E-state index is 13.5. The second-order valence-electron chi connectivity index (χ2n) is 8.55. The first-order valence-electron chi connectivity index (χ1n) is 10.6. The average Bonchev–Trinajstić information content (AvgIpc) is 3.22. The molecular weight excluding hydrogens is 364 g/mol. The summed E-state index contributed by atoms with van der Waals surface area (Å²) in [4.78, 5) is 18.2. The second kappa shape index (κ2) is 7.47. The fourth-order valence-electron chi connectivity index (χ4n) is 5.72. The number of aliphatic hydroxyl groups excluding tert-OH is 1. The van der Waals surface area contributed by atoms with Crippen molar-refractivity contribution in [1.82, 2.24) is 9.80 Å². The molecule has 3 atom stereocenters. The molecule has 29 heavy (non-hydrogen) atoms. The molecule has 0 radical (unpaired) electrons. The van der Waals surface area contributed by atoms with E-state index in [1.54, 1.807) is 7.11 Å². The van der Waals surface area contributed by atoms with Gasteiger partial charge in [0.2, 0.25) is 0 Å². The number of methoxy groups -OCH3 is 1. The molecule has 4 aliphatic rings. The van der Waals surface area contributed by atoms with Crippen molar-refractivity contribution in [3.8, 4) is 5.75 Å². The Balaban J connectivity index is 1.47. The third-order valence-electron chi connectivity index (χ3n) is 7.18. The quantitative estimate of drug-likeness (QED) is 0.869. The van der Waals surface area contributed by atoms with E-state index in [2.05, 4.69) is 21.9 Å². The summed E-state index contributed by atoms with van der Waals surface area (Å²) in [7, 11) is 1.69. The first kappa shape index (κ1) is 18.6. The number of aliphatic hydroxyl groups is 1. The Labute approximate surface area is 171 Å². The van der Waals surface area contributed by atoms with E-state index in [1.807, 2.05) is 36.4 Å². The topological polar surface area (TPSA) is 53.0 Å². The number of carbonyl (C=O) groups is 1. The first-order chi connectivity index (χ1) is 14.2. The molecule has 0 unspecified atom stereocenters. The van der Waals surface area contributed by atoms with Gasteiger partial charge in [-0.2, -0.15) is 0 Å². The molecule has 0 aromatic heterocycles. The van der Waals surface area contributed by atoms with E-state index in [0.29, 0.717) is 23.4 Å². The van der Waals surface area contributed by atoms with Crippen LogP contribution >= 0.6 is 0 Å². The summed E-state index contributed by atoms with van der Waals surface area (Å²) in [5, 5.41) is 9.29. The van der Waals surface area contributed by atoms with Gasteiger partial charge in [0.1, 0.15) is 5.75 Å². The lowest BCUT2D eigenvalue weighted by atomic mass is 9.75. The molecule has 0 saturated carbocycles. The number of benzene rings is 2. The van der Waals surface area contributed by atoms with Gasteiger partial charge < -0.3 is 14.7 Å². The smallest absolute Gasteiger partial charge is 0.254 e. The Kier molecular flexibility index (Phi) is 4.80. The van der Waals surface area contributed by atoms with Gasteiger partial charge in [-0.1, -0.05) is 24.3 Å². The van der Waals surface area contributed by atoms with Gasteiger partial charge in [0, 0.05) is 24.1 Å². The number of likely N-dealkylation sites (tertiary alicyclic amines) is 1. The molecule has 4 saturated heterocycles. The first-order valence-corrected chi connectivity index (χ1v) is 10.6. The number of nitrogens with zero attached hydrogens (tertiary/aromatic N) is 2. The van der Waals surface area contributed by atoms with Gasteiger partial charge >= 0.3 is 0 Å². The Hall–Kier alpha value is -2.37. The van der Waals surface area contributed by atoms with E-state index in [-0.39, 0.29) is 18.6 Å². The molecule has 1 N–H and O–H groups in total. The van der Waals surface area contributed by atoms with Gasteiger partial charge in [-0.3, -0.25) is 9.69 Å². The highest BCUT2D eigenvalue weighted by molar-refractivity contribution is 5.95. The lowest BCUT2D eigenvalue weighted by Crippen LogP contribution is -2.60. The maximum atomic E-state index is 13.5. The molecule has 6 rings (SSSR count). The fourth-order valence-corrected chi connectivity index (χ4v) is 5.72. The molecule has 5 nitrogen and oxygen atoms in total. The number of hydrogen-bond donors (Lipinski definition) is 1. The maximum Gasteiger partial charge on any atom is 0.254 e. The van der Waals surface area contributed by atoms with E-state index in [4.69, 9.17) is 4.74 Å². The minimum absolute atomic E-state index is 0.000534. The highest BCUT2D eigenvalue weighted by Gasteiger charge is 2.54. The molecule has 2 aromatic rings. The monoisotopic (exact) mass is 392 g/mol. The minimum atomic E-state index is -0.000534. The van der Waals surface area contributed by atoms with Crippen LogP contribution in [0, 0.1) is 5.92 Å². The van der Waals surface area contributed by atoms with E-state index < -0.39 is 0 Å². The molecule has 2 aromatic carbocycles. The summed E-state index contributed by atoms with van der Waals surface area (Å²) in [5.74, 6) is 1.91. The zero-order valence-corrected chi connectivity index (χ0v) is 16.8. The summed E-state index contributed by atoms with van der Waals surface area (Å²) < 4.78 is 5.33. The SMILES string of the molecule is COc1ccc([C@@H]2CN(C(=O)c3ccc(CO)cc3)[C@@H]3C4CCN(CC4)[C@@H]32)cc1. The largest absolute Gasteiger partial charge is 0.497 e. The third kappa shape index (κ3) is 3.13. The molecule has 5 heteroatoms. The molecule has 4 fully saturated rings. The van der Waals surface area contributed by atoms with Crippen molar-refractivity contribution in [1.29, 1.82) is 0 Å². The van der Waals surface area contributed by atoms with Crippen molar-refractivity contribution in [3.05, 3.63) is 65.2 Å². The molecule has 0 spiro atoms. The number of amides is 1. The number of ether oxygens (including phenoxy) is 1. The van der Waals surface area contributed by atoms with Crippen LogP contribution in [0.4, 0.5) is 0 Å². The fraction of sp³-hybridized carbons (Fsp3) is 0.458. The molecule has 1 amide bonds. The summed E-state index contributed by atoms with van der Waals surface area (Å²) in [5.41, 5.74) is 2.84. The van der Waals surface area contributed by atoms with Crippen molar-refractivity contribution >= 4 is 5.91 Å². The summed E-state index contributed by atoms with van der Waals surface area (Å²) in [6.45, 7) is 3.05. The second-order valence-corrected chi connectivity index (χ2v) is 8.55. The standard InChI is InChI=1S/C24H28N2O3/c1-29-20-8-6-17(7-9-20)21-14-26(22-18-10-12-25(13-11-18)23(21)22)24(28)19-4-2-16(15-27)3-5-19/h2-9,18,21-23,27H,10-15H2,1H3/t21-,22+,23+/m0/s1. The van der Waals surface area contributed by atoms with Gasteiger partial charge in [-0.25, -0.2) is 0 Å². The van der Waals surface area contributed by atoms with Gasteiger partial charge in [-0.05, 0) is 67.2 Å². The van der Waals surface area contributed by atoms with Crippen molar-refractivity contribution in [3.63, 3.8) is 0 Å². The summed E-state index contributed by atoms with van der Waals surface area (Å²) >= 11 is 0. The number of hydrogen-bond acceptors (Lipinski definition) is 4. The number of carbonyl (C=O) groups excluding carboxylic acids is 1. The van der Waals surface area contributed by atoms with Crippen LogP contribution in [0.3, 0.4) is 0 Å². The van der Waals surface area contributed by atoms with E-state index in [0.717, 1.165) is 30.9 Å². The van der Waals surface area contributed by atoms with Crippen LogP contribution in [0.15, 0.2) is 48.5 Å². The normalized spacial score (nSPS) is 30.3. The number of piperidine rings is 3. The molecule has 4 aliphatic heterocycles. The van der Waals surface area contributed by atoms with E-state index in [1.165, 1.54) is 18.4 Å². The Morgan fingerprint density at radius 2 is 1.72 bits per heavy atom. The molecule has 152 valence electrons. The van der Waals surface area contributed by atoms with Crippen molar-refractivity contribution < 1.29 is 14.6 Å². The molecular formula is C24H28N2O3. The lowest BCUT2D eigenvalue weighted by Gasteiger charge is -2.51. The third-order valence-corrected chi connectivity index (χ3v) is 7.18. The number of rotatable bonds is 4. The van der Waals surface area contributed by atoms with Crippen LogP contribution < -0.4 is 4.74 Å². The zero-order chi connectivity index (χ0) is 20.0. The van der Waals surface area contributed by atoms with Gasteiger partial charge in [0.15, 0.2) is 0 Å². The van der Waals surface area contributed by atoms with Crippen LogP contribution in [0.1, 0.15) is 40.2 Å². The summed E-state index contributed by atoms with van der Waals surface area (Å²) in [6, 6.07) is 16.5. The van der Waals surface area contributed by atoms with Crippen LogP contribution in [-0.4, -0.2) is 59.6 Å². The highest BCUT2D eigenvalue weighted by atomic mass is 16.5.